The molecule has 0 radical (unpaired) electrons. The number of methoxy groups -OCH3 is 1. The van der Waals surface area contributed by atoms with Gasteiger partial charge in [-0.15, -0.1) is 11.8 Å². The predicted octanol–water partition coefficient (Wildman–Crippen LogP) is 6.02. The Kier molecular flexibility index (Phi) is 6.47. The van der Waals surface area contributed by atoms with Crippen LogP contribution in [0.15, 0.2) is 72.8 Å². The Morgan fingerprint density at radius 3 is 2.36 bits per heavy atom. The molecule has 170 valence electrons. The number of rotatable bonds is 5. The van der Waals surface area contributed by atoms with Gasteiger partial charge >= 0.3 is 0 Å². The van der Waals surface area contributed by atoms with Crippen LogP contribution in [0.1, 0.15) is 47.6 Å². The third-order valence-corrected chi connectivity index (χ3v) is 6.89. The van der Waals surface area contributed by atoms with Crippen LogP contribution < -0.4 is 15.0 Å². The van der Waals surface area contributed by atoms with E-state index < -0.39 is 0 Å². The number of hydrogen-bond donors (Lipinski definition) is 1. The zero-order valence-corrected chi connectivity index (χ0v) is 20.1. The summed E-state index contributed by atoms with van der Waals surface area (Å²) < 4.78 is 5.50. The van der Waals surface area contributed by atoms with E-state index in [1.807, 2.05) is 72.8 Å². The van der Waals surface area contributed by atoms with Crippen molar-refractivity contribution < 1.29 is 14.3 Å². The smallest absolute Gasteiger partial charge is 0.255 e. The van der Waals surface area contributed by atoms with Gasteiger partial charge in [0.1, 0.15) is 11.1 Å². The molecular formula is C27H28N2O3S. The van der Waals surface area contributed by atoms with Crippen molar-refractivity contribution >= 4 is 35.0 Å². The highest BCUT2D eigenvalue weighted by Gasteiger charge is 2.36. The van der Waals surface area contributed by atoms with Crippen molar-refractivity contribution in [2.24, 2.45) is 0 Å². The highest BCUT2D eigenvalue weighted by Crippen LogP contribution is 2.46. The van der Waals surface area contributed by atoms with Gasteiger partial charge in [0.05, 0.1) is 18.6 Å². The number of nitrogens with zero attached hydrogens (tertiary/aromatic N) is 1. The van der Waals surface area contributed by atoms with E-state index in [1.54, 1.807) is 12.0 Å². The first-order valence-corrected chi connectivity index (χ1v) is 11.9. The molecule has 1 atom stereocenters. The molecule has 0 aliphatic carbocycles. The Balaban J connectivity index is 1.63. The van der Waals surface area contributed by atoms with E-state index in [4.69, 9.17) is 4.74 Å². The normalized spacial score (nSPS) is 16.1. The maximum Gasteiger partial charge on any atom is 0.255 e. The van der Waals surface area contributed by atoms with E-state index in [0.29, 0.717) is 22.8 Å². The van der Waals surface area contributed by atoms with Gasteiger partial charge in [0, 0.05) is 16.8 Å². The van der Waals surface area contributed by atoms with Crippen LogP contribution in [0.5, 0.6) is 5.75 Å². The van der Waals surface area contributed by atoms with E-state index in [1.165, 1.54) is 17.3 Å². The molecule has 0 spiro atoms. The first kappa shape index (κ1) is 22.9. The lowest BCUT2D eigenvalue weighted by Gasteiger charge is -2.27. The quantitative estimate of drug-likeness (QED) is 0.506. The highest BCUT2D eigenvalue weighted by atomic mass is 32.2. The van der Waals surface area contributed by atoms with Crippen molar-refractivity contribution in [3.05, 3.63) is 89.5 Å². The second-order valence-electron chi connectivity index (χ2n) is 8.97. The maximum absolute atomic E-state index is 13.0. The first-order chi connectivity index (χ1) is 15.8. The van der Waals surface area contributed by atoms with E-state index in [2.05, 4.69) is 26.1 Å². The Hall–Kier alpha value is -3.25. The minimum absolute atomic E-state index is 0.00778. The van der Waals surface area contributed by atoms with E-state index >= 15 is 0 Å². The minimum atomic E-state index is -0.270. The number of hydrogen-bond acceptors (Lipinski definition) is 4. The van der Waals surface area contributed by atoms with Gasteiger partial charge in [-0.25, -0.2) is 0 Å². The third-order valence-electron chi connectivity index (χ3n) is 5.70. The summed E-state index contributed by atoms with van der Waals surface area (Å²) in [6, 6.07) is 22.8. The zero-order valence-electron chi connectivity index (χ0n) is 19.3. The summed E-state index contributed by atoms with van der Waals surface area (Å²) in [4.78, 5) is 27.7. The van der Waals surface area contributed by atoms with Gasteiger partial charge in [0.25, 0.3) is 5.91 Å². The standard InChI is InChI=1S/C27H28N2O3S/c1-27(2,3)19-15-13-18(14-16-19)25(31)28-21-10-6-5-9-20(21)26-29(24(30)17-33-26)22-11-7-8-12-23(22)32-4/h5-16,26H,17H2,1-4H3,(H,28,31)/t26-/m0/s1. The number of ether oxygens (including phenoxy) is 1. The van der Waals surface area contributed by atoms with Gasteiger partial charge < -0.3 is 10.1 Å². The SMILES string of the molecule is COc1ccccc1N1C(=O)CS[C@H]1c1ccccc1NC(=O)c1ccc(C(C)(C)C)cc1. The van der Waals surface area contributed by atoms with E-state index in [9.17, 15) is 9.59 Å². The highest BCUT2D eigenvalue weighted by molar-refractivity contribution is 8.00. The van der Waals surface area contributed by atoms with Crippen molar-refractivity contribution in [2.45, 2.75) is 31.6 Å². The molecule has 1 saturated heterocycles. The maximum atomic E-state index is 13.0. The van der Waals surface area contributed by atoms with E-state index in [0.717, 1.165) is 11.3 Å². The number of carbonyl (C=O) groups is 2. The second kappa shape index (κ2) is 9.32. The van der Waals surface area contributed by atoms with Crippen LogP contribution in [0.25, 0.3) is 0 Å². The van der Waals surface area contributed by atoms with Crippen molar-refractivity contribution in [1.29, 1.82) is 0 Å². The summed E-state index contributed by atoms with van der Waals surface area (Å²) >= 11 is 1.54. The topological polar surface area (TPSA) is 58.6 Å². The minimum Gasteiger partial charge on any atom is -0.495 e. The molecule has 0 unspecified atom stereocenters. The lowest BCUT2D eigenvalue weighted by Crippen LogP contribution is -2.29. The summed E-state index contributed by atoms with van der Waals surface area (Å²) in [6.45, 7) is 6.44. The lowest BCUT2D eigenvalue weighted by atomic mass is 9.86. The van der Waals surface area contributed by atoms with Crippen LogP contribution in [0.2, 0.25) is 0 Å². The van der Waals surface area contributed by atoms with Crippen LogP contribution in [0.4, 0.5) is 11.4 Å². The van der Waals surface area contributed by atoms with Crippen LogP contribution >= 0.6 is 11.8 Å². The molecule has 1 aliphatic heterocycles. The number of nitrogens with one attached hydrogen (secondary N) is 1. The third kappa shape index (κ3) is 4.76. The van der Waals surface area contributed by atoms with Crippen LogP contribution in [0, 0.1) is 0 Å². The molecule has 0 aromatic heterocycles. The van der Waals surface area contributed by atoms with Gasteiger partial charge in [0.2, 0.25) is 5.91 Å². The Labute approximate surface area is 199 Å². The van der Waals surface area contributed by atoms with Crippen LogP contribution in [-0.2, 0) is 10.2 Å². The number of benzene rings is 3. The van der Waals surface area contributed by atoms with Gasteiger partial charge in [-0.2, -0.15) is 0 Å². The molecule has 1 aliphatic rings. The zero-order chi connectivity index (χ0) is 23.6. The Morgan fingerprint density at radius 1 is 1.00 bits per heavy atom. The summed E-state index contributed by atoms with van der Waals surface area (Å²) in [5, 5.41) is 2.79. The Bertz CT molecular complexity index is 1170. The fourth-order valence-corrected chi connectivity index (χ4v) is 5.09. The molecule has 1 heterocycles. The van der Waals surface area contributed by atoms with Gasteiger partial charge in [-0.1, -0.05) is 63.2 Å². The molecule has 2 amide bonds. The van der Waals surface area contributed by atoms with Crippen molar-refractivity contribution in [1.82, 2.24) is 0 Å². The number of thioether (sulfide) groups is 1. The van der Waals surface area contributed by atoms with Crippen molar-refractivity contribution in [3.63, 3.8) is 0 Å². The first-order valence-electron chi connectivity index (χ1n) is 10.9. The van der Waals surface area contributed by atoms with Crippen molar-refractivity contribution in [2.75, 3.05) is 23.1 Å². The van der Waals surface area contributed by atoms with Crippen LogP contribution in [0.3, 0.4) is 0 Å². The molecule has 33 heavy (non-hydrogen) atoms. The fourth-order valence-electron chi connectivity index (χ4n) is 3.89. The average molecular weight is 461 g/mol. The molecule has 4 rings (SSSR count). The summed E-state index contributed by atoms with van der Waals surface area (Å²) in [6.07, 6.45) is 0. The average Bonchev–Trinajstić information content (AvgIpc) is 3.19. The number of anilines is 2. The number of carbonyl (C=O) groups excluding carboxylic acids is 2. The second-order valence-corrected chi connectivity index (χ2v) is 10.0. The lowest BCUT2D eigenvalue weighted by molar-refractivity contribution is -0.115. The predicted molar refractivity (Wildman–Crippen MR) is 135 cm³/mol. The molecule has 0 saturated carbocycles. The molecule has 5 nitrogen and oxygen atoms in total. The summed E-state index contributed by atoms with van der Waals surface area (Å²) in [7, 11) is 1.60. The number of amides is 2. The van der Waals surface area contributed by atoms with Crippen LogP contribution in [-0.4, -0.2) is 24.7 Å². The van der Waals surface area contributed by atoms with Gasteiger partial charge in [-0.3, -0.25) is 14.5 Å². The van der Waals surface area contributed by atoms with Gasteiger partial charge in [-0.05, 0) is 41.3 Å². The van der Waals surface area contributed by atoms with E-state index in [-0.39, 0.29) is 22.6 Å². The molecule has 6 heteroatoms. The monoisotopic (exact) mass is 460 g/mol. The van der Waals surface area contributed by atoms with Crippen molar-refractivity contribution in [3.8, 4) is 5.75 Å². The largest absolute Gasteiger partial charge is 0.495 e. The molecule has 1 fully saturated rings. The molecule has 3 aromatic carbocycles. The van der Waals surface area contributed by atoms with Gasteiger partial charge in [0.15, 0.2) is 0 Å². The number of para-hydroxylation sites is 3. The molecule has 1 N–H and O–H groups in total. The summed E-state index contributed by atoms with van der Waals surface area (Å²) in [5.41, 5.74) is 4.07. The molecule has 0 bridgehead atoms. The fraction of sp³-hybridized carbons (Fsp3) is 0.259. The Morgan fingerprint density at radius 2 is 1.67 bits per heavy atom. The molecule has 3 aromatic rings. The molecular weight excluding hydrogens is 432 g/mol. The summed E-state index contributed by atoms with van der Waals surface area (Å²) in [5.74, 6) is 0.826.